The van der Waals surface area contributed by atoms with Gasteiger partial charge in [-0.2, -0.15) is 0 Å². The van der Waals surface area contributed by atoms with Crippen molar-refractivity contribution in [1.82, 2.24) is 24.5 Å². The van der Waals surface area contributed by atoms with E-state index in [9.17, 15) is 13.2 Å². The van der Waals surface area contributed by atoms with E-state index in [-0.39, 0.29) is 15.2 Å². The van der Waals surface area contributed by atoms with Crippen LogP contribution in [-0.4, -0.2) is 38.8 Å². The number of anilines is 2. The lowest BCUT2D eigenvalue weighted by Crippen LogP contribution is -2.11. The second-order valence-corrected chi connectivity index (χ2v) is 9.40. The van der Waals surface area contributed by atoms with Crippen molar-refractivity contribution in [2.75, 3.05) is 10.0 Å². The number of aryl methyl sites for hydroxylation is 1. The first kappa shape index (κ1) is 21.4. The van der Waals surface area contributed by atoms with Crippen molar-refractivity contribution in [3.05, 3.63) is 61.1 Å². The lowest BCUT2D eigenvalue weighted by Gasteiger charge is -2.09. The van der Waals surface area contributed by atoms with Crippen LogP contribution in [0.15, 0.2) is 59.5 Å². The Hall–Kier alpha value is -3.84. The van der Waals surface area contributed by atoms with Crippen LogP contribution >= 0.6 is 11.3 Å². The predicted molar refractivity (Wildman–Crippen MR) is 118 cm³/mol. The second-order valence-electron chi connectivity index (χ2n) is 6.46. The number of imidazole rings is 1. The van der Waals surface area contributed by atoms with Gasteiger partial charge in [-0.25, -0.2) is 28.4 Å². The van der Waals surface area contributed by atoms with E-state index in [4.69, 9.17) is 4.74 Å². The quantitative estimate of drug-likeness (QED) is 0.419. The number of carbonyl (C=O) groups is 1. The van der Waals surface area contributed by atoms with Gasteiger partial charge >= 0.3 is 0 Å². The summed E-state index contributed by atoms with van der Waals surface area (Å²) in [6.45, 7) is 3.17. The molecule has 2 N–H and O–H groups in total. The van der Waals surface area contributed by atoms with Crippen LogP contribution in [0.25, 0.3) is 5.82 Å². The zero-order valence-corrected chi connectivity index (χ0v) is 18.5. The maximum atomic E-state index is 12.5. The largest absolute Gasteiger partial charge is 0.439 e. The van der Waals surface area contributed by atoms with Crippen LogP contribution in [0.4, 0.5) is 10.8 Å². The van der Waals surface area contributed by atoms with Crippen molar-refractivity contribution in [2.45, 2.75) is 18.1 Å². The molecule has 1 amide bonds. The van der Waals surface area contributed by atoms with Crippen LogP contribution in [0.5, 0.6) is 11.6 Å². The summed E-state index contributed by atoms with van der Waals surface area (Å²) in [5, 5.41) is 2.66. The van der Waals surface area contributed by atoms with Crippen molar-refractivity contribution in [2.24, 2.45) is 0 Å². The lowest BCUT2D eigenvalue weighted by atomic mass is 10.3. The van der Waals surface area contributed by atoms with Crippen LogP contribution in [0.2, 0.25) is 0 Å². The van der Waals surface area contributed by atoms with Crippen LogP contribution in [-0.2, 0) is 14.8 Å². The summed E-state index contributed by atoms with van der Waals surface area (Å²) in [6.07, 6.45) is 6.02. The maximum absolute atomic E-state index is 12.5. The summed E-state index contributed by atoms with van der Waals surface area (Å²) in [4.78, 5) is 27.5. The van der Waals surface area contributed by atoms with Crippen molar-refractivity contribution >= 4 is 38.1 Å². The van der Waals surface area contributed by atoms with E-state index in [2.05, 4.69) is 30.0 Å². The van der Waals surface area contributed by atoms with Crippen molar-refractivity contribution in [3.63, 3.8) is 0 Å². The zero-order valence-electron chi connectivity index (χ0n) is 16.9. The summed E-state index contributed by atoms with van der Waals surface area (Å²) in [7, 11) is -3.85. The van der Waals surface area contributed by atoms with Gasteiger partial charge in [-0.05, 0) is 31.2 Å². The SMILES string of the molecule is CC(=O)Nc1ncc(S(=O)(=O)Nc2ccc(Oc3cc(-n4ccnc4C)ncn3)cc2)s1. The molecule has 11 nitrogen and oxygen atoms in total. The fraction of sp³-hybridized carbons (Fsp3) is 0.105. The molecule has 0 unspecified atom stereocenters. The molecule has 0 saturated heterocycles. The third-order valence-corrected chi connectivity index (χ3v) is 6.82. The van der Waals surface area contributed by atoms with Gasteiger partial charge in [0.05, 0.1) is 6.20 Å². The number of amides is 1. The van der Waals surface area contributed by atoms with Crippen LogP contribution in [0, 0.1) is 6.92 Å². The molecule has 3 heterocycles. The normalized spacial score (nSPS) is 11.2. The van der Waals surface area contributed by atoms with Gasteiger partial charge in [0.15, 0.2) is 9.34 Å². The van der Waals surface area contributed by atoms with Gasteiger partial charge in [-0.15, -0.1) is 0 Å². The molecule has 32 heavy (non-hydrogen) atoms. The van der Waals surface area contributed by atoms with Gasteiger partial charge in [0, 0.05) is 31.1 Å². The molecule has 3 aromatic heterocycles. The fourth-order valence-electron chi connectivity index (χ4n) is 2.65. The summed E-state index contributed by atoms with van der Waals surface area (Å²) in [5.41, 5.74) is 0.337. The number of carbonyl (C=O) groups excluding carboxylic acids is 1. The number of benzene rings is 1. The second kappa shape index (κ2) is 8.72. The number of thiazole rings is 1. The summed E-state index contributed by atoms with van der Waals surface area (Å²) in [5.74, 6) is 1.84. The number of sulfonamides is 1. The summed E-state index contributed by atoms with van der Waals surface area (Å²) < 4.78 is 35.1. The monoisotopic (exact) mass is 471 g/mol. The number of aromatic nitrogens is 5. The summed E-state index contributed by atoms with van der Waals surface area (Å²) >= 11 is 0.855. The number of nitrogens with zero attached hydrogens (tertiary/aromatic N) is 5. The van der Waals surface area contributed by atoms with Crippen molar-refractivity contribution < 1.29 is 17.9 Å². The molecule has 4 rings (SSSR count). The molecule has 0 spiro atoms. The molecule has 0 radical (unpaired) electrons. The molecule has 0 fully saturated rings. The number of rotatable bonds is 7. The number of hydrogen-bond donors (Lipinski definition) is 2. The Morgan fingerprint density at radius 2 is 1.91 bits per heavy atom. The number of hydrogen-bond acceptors (Lipinski definition) is 9. The Bertz CT molecular complexity index is 1360. The Morgan fingerprint density at radius 3 is 2.59 bits per heavy atom. The molecule has 0 atom stereocenters. The average Bonchev–Trinajstić information content (AvgIpc) is 3.38. The highest BCUT2D eigenvalue weighted by atomic mass is 32.2. The Kier molecular flexibility index (Phi) is 5.83. The highest BCUT2D eigenvalue weighted by Crippen LogP contribution is 2.27. The minimum Gasteiger partial charge on any atom is -0.439 e. The topological polar surface area (TPSA) is 141 Å². The number of nitrogens with one attached hydrogen (secondary N) is 2. The van der Waals surface area contributed by atoms with Gasteiger partial charge in [0.2, 0.25) is 11.8 Å². The molecule has 0 bridgehead atoms. The maximum Gasteiger partial charge on any atom is 0.273 e. The van der Waals surface area contributed by atoms with E-state index in [1.54, 1.807) is 47.3 Å². The minimum atomic E-state index is -3.85. The third-order valence-electron chi connectivity index (χ3n) is 4.06. The molecule has 13 heteroatoms. The molecule has 0 aliphatic heterocycles. The van der Waals surface area contributed by atoms with Gasteiger partial charge in [-0.1, -0.05) is 11.3 Å². The molecular weight excluding hydrogens is 454 g/mol. The lowest BCUT2D eigenvalue weighted by molar-refractivity contribution is -0.114. The Labute approximate surface area is 187 Å². The van der Waals surface area contributed by atoms with E-state index >= 15 is 0 Å². The highest BCUT2D eigenvalue weighted by molar-refractivity contribution is 7.94. The zero-order chi connectivity index (χ0) is 22.7. The molecule has 0 saturated carbocycles. The Morgan fingerprint density at radius 1 is 1.12 bits per heavy atom. The van der Waals surface area contributed by atoms with Crippen molar-refractivity contribution in [3.8, 4) is 17.4 Å². The van der Waals surface area contributed by atoms with Gasteiger partial charge in [-0.3, -0.25) is 14.1 Å². The first-order valence-corrected chi connectivity index (χ1v) is 11.5. The van der Waals surface area contributed by atoms with E-state index in [0.717, 1.165) is 17.2 Å². The average molecular weight is 472 g/mol. The van der Waals surface area contributed by atoms with Gasteiger partial charge < -0.3 is 10.1 Å². The summed E-state index contributed by atoms with van der Waals surface area (Å²) in [6, 6.07) is 8.01. The molecule has 164 valence electrons. The molecular formula is C19H17N7O4S2. The third kappa shape index (κ3) is 4.90. The minimum absolute atomic E-state index is 0.0233. The predicted octanol–water partition coefficient (Wildman–Crippen LogP) is 2.98. The van der Waals surface area contributed by atoms with E-state index in [0.29, 0.717) is 23.1 Å². The van der Waals surface area contributed by atoms with E-state index < -0.39 is 10.0 Å². The van der Waals surface area contributed by atoms with Gasteiger partial charge in [0.25, 0.3) is 10.0 Å². The van der Waals surface area contributed by atoms with Crippen LogP contribution in [0.3, 0.4) is 0 Å². The van der Waals surface area contributed by atoms with E-state index in [1.165, 1.54) is 19.4 Å². The highest BCUT2D eigenvalue weighted by Gasteiger charge is 2.18. The molecule has 1 aromatic carbocycles. The first-order chi connectivity index (χ1) is 15.3. The number of ether oxygens (including phenoxy) is 1. The molecule has 0 aliphatic carbocycles. The first-order valence-electron chi connectivity index (χ1n) is 9.17. The standard InChI is InChI=1S/C19H17N7O4S2/c1-12-20-7-8-26(12)16-9-17(23-11-22-16)30-15-5-3-14(4-6-15)25-32(28,29)18-10-21-19(31-18)24-13(2)27/h3-11,25H,1-2H3,(H,21,24,27). The van der Waals surface area contributed by atoms with Crippen molar-refractivity contribution in [1.29, 1.82) is 0 Å². The molecule has 0 aliphatic rings. The van der Waals surface area contributed by atoms with Crippen LogP contribution < -0.4 is 14.8 Å². The van der Waals surface area contributed by atoms with Crippen LogP contribution in [0.1, 0.15) is 12.7 Å². The fourth-order valence-corrected chi connectivity index (χ4v) is 4.78. The molecule has 4 aromatic rings. The Balaban J connectivity index is 1.45. The smallest absolute Gasteiger partial charge is 0.273 e. The van der Waals surface area contributed by atoms with E-state index in [1.807, 2.05) is 6.92 Å². The van der Waals surface area contributed by atoms with Gasteiger partial charge in [0.1, 0.15) is 23.7 Å².